The lowest BCUT2D eigenvalue weighted by atomic mass is 9.86. The number of ether oxygens (including phenoxy) is 2. The second-order valence-electron chi connectivity index (χ2n) is 11.4. The summed E-state index contributed by atoms with van der Waals surface area (Å²) in [5.41, 5.74) is 2.01. The Labute approximate surface area is 250 Å². The Morgan fingerprint density at radius 1 is 1.17 bits per heavy atom. The molecule has 0 saturated carbocycles. The molecule has 1 aliphatic rings. The molecule has 11 heteroatoms. The average molecular weight is 600 g/mol. The lowest BCUT2D eigenvalue weighted by Gasteiger charge is -2.28. The number of amides is 1. The summed E-state index contributed by atoms with van der Waals surface area (Å²) >= 11 is 5.11. The number of likely N-dealkylation sites (tertiary alicyclic amines) is 1. The van der Waals surface area contributed by atoms with Crippen LogP contribution in [0, 0.1) is 5.92 Å². The summed E-state index contributed by atoms with van der Waals surface area (Å²) in [6.45, 7) is 8.33. The Morgan fingerprint density at radius 2 is 1.88 bits per heavy atom. The van der Waals surface area contributed by atoms with Crippen LogP contribution in [0.25, 0.3) is 0 Å². The molecule has 1 aromatic heterocycles. The number of nitrogens with one attached hydrogen (secondary N) is 2. The number of carbonyl (C=O) groups is 1. The van der Waals surface area contributed by atoms with Crippen LogP contribution in [0.3, 0.4) is 0 Å². The van der Waals surface area contributed by atoms with E-state index >= 15 is 0 Å². The predicted molar refractivity (Wildman–Crippen MR) is 165 cm³/mol. The second-order valence-corrected chi connectivity index (χ2v) is 12.9. The van der Waals surface area contributed by atoms with Crippen LogP contribution in [0.4, 0.5) is 11.4 Å². The first kappa shape index (κ1) is 30.9. The van der Waals surface area contributed by atoms with Gasteiger partial charge in [0, 0.05) is 24.2 Å². The van der Waals surface area contributed by atoms with Gasteiger partial charge < -0.3 is 24.2 Å². The van der Waals surface area contributed by atoms with Gasteiger partial charge in [-0.3, -0.25) is 4.79 Å². The maximum atomic E-state index is 13.4. The number of hydrogen-bond donors (Lipinski definition) is 2. The first-order valence-electron chi connectivity index (χ1n) is 13.5. The van der Waals surface area contributed by atoms with Gasteiger partial charge in [-0.1, -0.05) is 32.4 Å². The van der Waals surface area contributed by atoms with E-state index in [0.29, 0.717) is 45.3 Å². The fraction of sp³-hybridized carbons (Fsp3) is 0.433. The third kappa shape index (κ3) is 8.25. The van der Waals surface area contributed by atoms with E-state index in [4.69, 9.17) is 21.1 Å². The monoisotopic (exact) mass is 599 g/mol. The minimum Gasteiger partial charge on any atom is -0.593 e. The zero-order valence-corrected chi connectivity index (χ0v) is 26.0. The molecule has 1 fully saturated rings. The number of carbonyl (C=O) groups excluding carboxylic acids is 1. The van der Waals surface area contributed by atoms with Gasteiger partial charge in [-0.15, -0.1) is 0 Å². The van der Waals surface area contributed by atoms with Crippen molar-refractivity contribution >= 4 is 40.2 Å². The first-order chi connectivity index (χ1) is 19.4. The third-order valence-electron chi connectivity index (χ3n) is 7.06. The Bertz CT molecular complexity index is 1370. The van der Waals surface area contributed by atoms with Crippen LogP contribution >= 0.6 is 11.6 Å². The summed E-state index contributed by atoms with van der Waals surface area (Å²) in [6, 6.07) is 10.2. The second kappa shape index (κ2) is 13.3. The topological polar surface area (TPSA) is 112 Å². The third-order valence-corrected chi connectivity index (χ3v) is 7.88. The minimum atomic E-state index is -1.34. The van der Waals surface area contributed by atoms with Gasteiger partial charge in [0.1, 0.15) is 23.5 Å². The molecule has 0 bridgehead atoms. The SMILES string of the molecule is COc1c(NC(=O)c2ccc(Cl)c(Oc3ccnc(CC4CCN(C)CC4)n3)c2)cc(C(C)(C)C)cc1N[S+](C)[O-]. The Kier molecular flexibility index (Phi) is 10.0. The lowest BCUT2D eigenvalue weighted by molar-refractivity contribution is 0.102. The summed E-state index contributed by atoms with van der Waals surface area (Å²) in [5, 5.41) is 3.29. The molecule has 0 spiro atoms. The molecule has 0 radical (unpaired) electrons. The van der Waals surface area contributed by atoms with Gasteiger partial charge in [-0.05, 0) is 80.2 Å². The molecule has 1 atom stereocenters. The maximum Gasteiger partial charge on any atom is 0.255 e. The van der Waals surface area contributed by atoms with Crippen molar-refractivity contribution in [1.29, 1.82) is 0 Å². The van der Waals surface area contributed by atoms with E-state index in [1.807, 2.05) is 12.1 Å². The highest BCUT2D eigenvalue weighted by atomic mass is 35.5. The van der Waals surface area contributed by atoms with E-state index in [0.717, 1.165) is 43.7 Å². The number of methoxy groups -OCH3 is 1. The van der Waals surface area contributed by atoms with E-state index in [9.17, 15) is 9.35 Å². The Hall–Kier alpha value is -3.05. The normalized spacial score (nSPS) is 15.3. The summed E-state index contributed by atoms with van der Waals surface area (Å²) in [5.74, 6) is 1.94. The molecule has 1 saturated heterocycles. The van der Waals surface area contributed by atoms with Crippen molar-refractivity contribution in [2.75, 3.05) is 43.5 Å². The van der Waals surface area contributed by atoms with Gasteiger partial charge in [0.2, 0.25) is 5.88 Å². The number of benzene rings is 2. The molecule has 2 heterocycles. The molecule has 1 amide bonds. The minimum absolute atomic E-state index is 0.234. The maximum absolute atomic E-state index is 13.4. The zero-order valence-electron chi connectivity index (χ0n) is 24.4. The van der Waals surface area contributed by atoms with E-state index in [2.05, 4.69) is 52.7 Å². The number of halogens is 1. The fourth-order valence-corrected chi connectivity index (χ4v) is 5.31. The number of hydrogen-bond acceptors (Lipinski definition) is 8. The first-order valence-corrected chi connectivity index (χ1v) is 15.5. The van der Waals surface area contributed by atoms with Crippen LogP contribution in [0.1, 0.15) is 55.4 Å². The molecule has 220 valence electrons. The molecule has 2 N–H and O–H groups in total. The summed E-state index contributed by atoms with van der Waals surface area (Å²) in [4.78, 5) is 24.8. The fourth-order valence-electron chi connectivity index (χ4n) is 4.70. The Morgan fingerprint density at radius 3 is 2.54 bits per heavy atom. The van der Waals surface area contributed by atoms with Crippen LogP contribution in [0.15, 0.2) is 42.6 Å². The number of nitrogens with zero attached hydrogens (tertiary/aromatic N) is 3. The van der Waals surface area contributed by atoms with E-state index in [-0.39, 0.29) is 11.3 Å². The van der Waals surface area contributed by atoms with Crippen molar-refractivity contribution in [3.05, 3.63) is 64.6 Å². The summed E-state index contributed by atoms with van der Waals surface area (Å²) in [7, 11) is 3.64. The van der Waals surface area contributed by atoms with Gasteiger partial charge in [-0.25, -0.2) is 9.71 Å². The molecule has 4 rings (SSSR count). The molecule has 3 aromatic rings. The quantitative estimate of drug-likeness (QED) is 0.285. The predicted octanol–water partition coefficient (Wildman–Crippen LogP) is 6.07. The molecule has 2 aromatic carbocycles. The molecular weight excluding hydrogens is 562 g/mol. The van der Waals surface area contributed by atoms with Gasteiger partial charge in [-0.2, -0.15) is 4.98 Å². The molecule has 41 heavy (non-hydrogen) atoms. The van der Waals surface area contributed by atoms with Crippen LogP contribution in [0.2, 0.25) is 5.02 Å². The van der Waals surface area contributed by atoms with Gasteiger partial charge in [0.05, 0.1) is 29.2 Å². The molecule has 0 aliphatic carbocycles. The summed E-state index contributed by atoms with van der Waals surface area (Å²) < 4.78 is 26.5. The summed E-state index contributed by atoms with van der Waals surface area (Å²) in [6.07, 6.45) is 6.24. The van der Waals surface area contributed by atoms with Gasteiger partial charge in [0.15, 0.2) is 5.75 Å². The average Bonchev–Trinajstić information content (AvgIpc) is 2.90. The van der Waals surface area contributed by atoms with Crippen LogP contribution in [0.5, 0.6) is 17.4 Å². The van der Waals surface area contributed by atoms with Crippen LogP contribution < -0.4 is 19.5 Å². The van der Waals surface area contributed by atoms with Gasteiger partial charge >= 0.3 is 0 Å². The lowest BCUT2D eigenvalue weighted by Crippen LogP contribution is -2.31. The number of anilines is 2. The molecule has 1 aliphatic heterocycles. The number of aromatic nitrogens is 2. The van der Waals surface area contributed by atoms with Crippen molar-refractivity contribution in [2.24, 2.45) is 5.92 Å². The van der Waals surface area contributed by atoms with Crippen molar-refractivity contribution < 1.29 is 18.8 Å². The van der Waals surface area contributed by atoms with Gasteiger partial charge in [0.25, 0.3) is 5.91 Å². The molecule has 1 unspecified atom stereocenters. The van der Waals surface area contributed by atoms with Crippen LogP contribution in [-0.4, -0.2) is 58.8 Å². The zero-order chi connectivity index (χ0) is 29.7. The van der Waals surface area contributed by atoms with Crippen molar-refractivity contribution in [2.45, 2.75) is 45.4 Å². The van der Waals surface area contributed by atoms with Crippen molar-refractivity contribution in [1.82, 2.24) is 14.9 Å². The van der Waals surface area contributed by atoms with Crippen molar-refractivity contribution in [3.8, 4) is 17.4 Å². The standard InChI is InChI=1S/C30H38ClN5O4S/c1-30(2,3)21-17-23(28(39-5)24(18-21)35-41(6)38)33-29(37)20-7-8-22(31)25(16-20)40-27-9-12-32-26(34-27)15-19-10-13-36(4)14-11-19/h7-9,12,16-19,35H,10-11,13-15H2,1-6H3,(H,33,37). The van der Waals surface area contributed by atoms with E-state index in [1.165, 1.54) is 13.4 Å². The molecule has 9 nitrogen and oxygen atoms in total. The number of piperidine rings is 1. The highest BCUT2D eigenvalue weighted by molar-refractivity contribution is 7.92. The largest absolute Gasteiger partial charge is 0.593 e. The highest BCUT2D eigenvalue weighted by Gasteiger charge is 2.23. The highest BCUT2D eigenvalue weighted by Crippen LogP contribution is 2.39. The Balaban J connectivity index is 1.55. The van der Waals surface area contributed by atoms with Crippen LogP contribution in [-0.2, 0) is 23.2 Å². The van der Waals surface area contributed by atoms with E-state index < -0.39 is 11.4 Å². The van der Waals surface area contributed by atoms with Crippen molar-refractivity contribution in [3.63, 3.8) is 0 Å². The smallest absolute Gasteiger partial charge is 0.255 e. The van der Waals surface area contributed by atoms with E-state index in [1.54, 1.807) is 30.5 Å². The number of rotatable bonds is 9. The molecular formula is C30H38ClN5O4S.